The predicted octanol–water partition coefficient (Wildman–Crippen LogP) is 8.18. The molecule has 48 heavy (non-hydrogen) atoms. The number of esters is 1. The van der Waals surface area contributed by atoms with Gasteiger partial charge in [-0.1, -0.05) is 31.9 Å². The lowest BCUT2D eigenvalue weighted by atomic mass is 9.79. The van der Waals surface area contributed by atoms with Crippen molar-refractivity contribution in [3.8, 4) is 16.9 Å². The second-order valence-electron chi connectivity index (χ2n) is 14.0. The van der Waals surface area contributed by atoms with Gasteiger partial charge in [-0.25, -0.2) is 4.79 Å². The van der Waals surface area contributed by atoms with Gasteiger partial charge in [-0.05, 0) is 83.7 Å². The number of carbonyl (C=O) groups is 1. The summed E-state index contributed by atoms with van der Waals surface area (Å²) in [5, 5.41) is 0.225. The molecule has 0 aliphatic rings. The first-order valence-electron chi connectivity index (χ1n) is 15.7. The van der Waals surface area contributed by atoms with Crippen molar-refractivity contribution in [1.82, 2.24) is 0 Å². The van der Waals surface area contributed by atoms with Crippen LogP contribution in [0.25, 0.3) is 22.1 Å². The molecule has 266 valence electrons. The highest BCUT2D eigenvalue weighted by atomic mass is 19.4. The van der Waals surface area contributed by atoms with Crippen molar-refractivity contribution in [3.05, 3.63) is 64.0 Å². The van der Waals surface area contributed by atoms with Crippen molar-refractivity contribution in [3.63, 3.8) is 0 Å². The Morgan fingerprint density at radius 3 is 2.10 bits per heavy atom. The van der Waals surface area contributed by atoms with E-state index >= 15 is 0 Å². The third-order valence-electron chi connectivity index (χ3n) is 8.14. The van der Waals surface area contributed by atoms with E-state index in [1.165, 1.54) is 30.3 Å². The third kappa shape index (κ3) is 9.97. The van der Waals surface area contributed by atoms with E-state index in [0.717, 1.165) is 32.3 Å². The van der Waals surface area contributed by atoms with Gasteiger partial charge in [0.15, 0.2) is 0 Å². The molecule has 0 saturated heterocycles. The molecule has 1 heterocycles. The van der Waals surface area contributed by atoms with Gasteiger partial charge >= 0.3 is 23.9 Å². The molecule has 0 fully saturated rings. The van der Waals surface area contributed by atoms with E-state index in [4.69, 9.17) is 25.4 Å². The second kappa shape index (κ2) is 14.5. The van der Waals surface area contributed by atoms with Crippen molar-refractivity contribution in [1.29, 1.82) is 0 Å². The number of benzene rings is 2. The number of carbonyl (C=O) groups excluding carboxylic acids is 1. The van der Waals surface area contributed by atoms with Crippen LogP contribution >= 0.6 is 0 Å². The topological polar surface area (TPSA) is 118 Å². The van der Waals surface area contributed by atoms with Crippen LogP contribution in [0.1, 0.15) is 78.4 Å². The molecule has 0 spiro atoms. The Balaban J connectivity index is 1.86. The van der Waals surface area contributed by atoms with E-state index in [1.807, 2.05) is 6.92 Å². The maximum Gasteiger partial charge on any atom is 0.417 e. The van der Waals surface area contributed by atoms with E-state index in [2.05, 4.69) is 0 Å². The zero-order valence-corrected chi connectivity index (χ0v) is 28.0. The lowest BCUT2D eigenvalue weighted by Crippen LogP contribution is -2.51. The molecule has 0 aliphatic carbocycles. The minimum atomic E-state index is -4.87. The number of hydrogen-bond donors (Lipinski definition) is 2. The van der Waals surface area contributed by atoms with Crippen molar-refractivity contribution in [2.45, 2.75) is 97.1 Å². The van der Waals surface area contributed by atoms with Crippen LogP contribution in [-0.2, 0) is 22.1 Å². The van der Waals surface area contributed by atoms with Gasteiger partial charge in [0.05, 0.1) is 17.0 Å². The highest BCUT2D eigenvalue weighted by Gasteiger charge is 2.53. The summed E-state index contributed by atoms with van der Waals surface area (Å²) >= 11 is 0. The first-order valence-corrected chi connectivity index (χ1v) is 15.7. The van der Waals surface area contributed by atoms with E-state index in [1.54, 1.807) is 33.8 Å². The van der Waals surface area contributed by atoms with Crippen LogP contribution in [0.15, 0.2) is 51.7 Å². The summed E-state index contributed by atoms with van der Waals surface area (Å²) in [5.41, 5.74) is 5.22. The zero-order valence-electron chi connectivity index (χ0n) is 28.0. The Kier molecular flexibility index (Phi) is 11.7. The Hall–Kier alpha value is -3.58. The van der Waals surface area contributed by atoms with Crippen molar-refractivity contribution >= 4 is 16.9 Å². The van der Waals surface area contributed by atoms with Crippen LogP contribution in [0.2, 0.25) is 0 Å². The van der Waals surface area contributed by atoms with Crippen LogP contribution in [0.3, 0.4) is 0 Å². The Morgan fingerprint density at radius 2 is 1.54 bits per heavy atom. The van der Waals surface area contributed by atoms with Crippen molar-refractivity contribution in [2.75, 3.05) is 13.2 Å². The number of halogens is 6. The minimum Gasteiger partial charge on any atom is -0.492 e. The van der Waals surface area contributed by atoms with Crippen molar-refractivity contribution < 1.29 is 45.0 Å². The molecule has 0 radical (unpaired) electrons. The molecule has 2 atom stereocenters. The molecule has 0 saturated carbocycles. The van der Waals surface area contributed by atoms with E-state index in [9.17, 15) is 35.9 Å². The van der Waals surface area contributed by atoms with Crippen molar-refractivity contribution in [2.24, 2.45) is 22.8 Å². The fraction of sp³-hybridized carbons (Fsp3) is 0.543. The van der Waals surface area contributed by atoms with Crippen LogP contribution in [0.5, 0.6) is 5.75 Å². The van der Waals surface area contributed by atoms with E-state index in [0.29, 0.717) is 12.0 Å². The number of fused-ring (bicyclic) bond motifs is 1. The van der Waals surface area contributed by atoms with Gasteiger partial charge in [0.25, 0.3) is 0 Å². The maximum absolute atomic E-state index is 14.2. The normalized spacial score (nSPS) is 14.9. The molecule has 4 N–H and O–H groups in total. The quantitative estimate of drug-likeness (QED) is 0.0760. The average molecular weight is 687 g/mol. The lowest BCUT2D eigenvalue weighted by Gasteiger charge is -2.35. The largest absolute Gasteiger partial charge is 0.492 e. The summed E-state index contributed by atoms with van der Waals surface area (Å²) < 4.78 is 101. The fourth-order valence-corrected chi connectivity index (χ4v) is 5.12. The van der Waals surface area contributed by atoms with Gasteiger partial charge in [0.1, 0.15) is 30.0 Å². The highest BCUT2D eigenvalue weighted by molar-refractivity contribution is 5.83. The standard InChI is InChI=1S/C35H44F6N2O5/c1-7-8-9-10-21-11-14-24(26(15-21)34(36,37)38)25-16-22-12-13-23(17-28(22)48-29(25)44)46-19-33(6,35(39,40)41)20-47-30(45)27(32(4,5)43)18-31(2,3)42/h11-17,27H,7-10,18-20,42-43H2,1-6H3. The SMILES string of the molecule is CCCCCc1ccc(-c2cc3ccc(OCC(C)(COC(=O)C(CC(C)(C)N)C(C)(C)N)C(F)(F)F)cc3oc2=O)c(C(F)(F)F)c1. The number of unbranched alkanes of at least 4 members (excludes halogenated alkanes) is 2. The molecule has 2 aromatic carbocycles. The lowest BCUT2D eigenvalue weighted by molar-refractivity contribution is -0.241. The van der Waals surface area contributed by atoms with Gasteiger partial charge < -0.3 is 25.4 Å². The average Bonchev–Trinajstić information content (AvgIpc) is 2.95. The zero-order chi connectivity index (χ0) is 36.3. The number of aryl methyl sites for hydroxylation is 1. The van der Waals surface area contributed by atoms with Gasteiger partial charge in [-0.15, -0.1) is 0 Å². The Labute approximate surface area is 275 Å². The molecule has 3 aromatic rings. The summed E-state index contributed by atoms with van der Waals surface area (Å²) in [6, 6.07) is 8.90. The molecule has 0 bridgehead atoms. The Morgan fingerprint density at radius 1 is 0.875 bits per heavy atom. The highest BCUT2D eigenvalue weighted by Crippen LogP contribution is 2.41. The van der Waals surface area contributed by atoms with Crippen LogP contribution in [0.4, 0.5) is 26.3 Å². The molecular formula is C35H44F6N2O5. The predicted molar refractivity (Wildman–Crippen MR) is 171 cm³/mol. The van der Waals surface area contributed by atoms with Crippen LogP contribution in [-0.4, -0.2) is 36.4 Å². The molecule has 2 unspecified atom stereocenters. The summed E-state index contributed by atoms with van der Waals surface area (Å²) in [6.07, 6.45) is -6.57. The number of ether oxygens (including phenoxy) is 2. The fourth-order valence-electron chi connectivity index (χ4n) is 5.12. The molecule has 7 nitrogen and oxygen atoms in total. The summed E-state index contributed by atoms with van der Waals surface area (Å²) in [4.78, 5) is 25.8. The van der Waals surface area contributed by atoms with Gasteiger partial charge in [-0.2, -0.15) is 26.3 Å². The second-order valence-corrected chi connectivity index (χ2v) is 14.0. The van der Waals surface area contributed by atoms with Gasteiger partial charge in [-0.3, -0.25) is 4.79 Å². The summed E-state index contributed by atoms with van der Waals surface area (Å²) in [7, 11) is 0. The maximum atomic E-state index is 14.2. The van der Waals surface area contributed by atoms with E-state index < -0.39 is 65.1 Å². The van der Waals surface area contributed by atoms with Crippen LogP contribution in [0, 0.1) is 11.3 Å². The summed E-state index contributed by atoms with van der Waals surface area (Å²) in [5.74, 6) is -2.03. The number of hydrogen-bond acceptors (Lipinski definition) is 7. The molecule has 13 heteroatoms. The van der Waals surface area contributed by atoms with E-state index in [-0.39, 0.29) is 34.3 Å². The first kappa shape index (κ1) is 38.9. The molecule has 0 amide bonds. The molecule has 3 rings (SSSR count). The first-order chi connectivity index (χ1) is 21.9. The van der Waals surface area contributed by atoms with Crippen LogP contribution < -0.4 is 21.8 Å². The smallest absolute Gasteiger partial charge is 0.417 e. The third-order valence-corrected chi connectivity index (χ3v) is 8.14. The molecular weight excluding hydrogens is 642 g/mol. The minimum absolute atomic E-state index is 0.0699. The Bertz CT molecular complexity index is 1640. The molecule has 0 aliphatic heterocycles. The summed E-state index contributed by atoms with van der Waals surface area (Å²) in [6.45, 7) is 7.19. The number of alkyl halides is 6. The van der Waals surface area contributed by atoms with Gasteiger partial charge in [0, 0.05) is 28.1 Å². The molecule has 1 aromatic heterocycles. The number of rotatable bonds is 14. The number of nitrogens with two attached hydrogens (primary N) is 2. The van der Waals surface area contributed by atoms with Gasteiger partial charge in [0.2, 0.25) is 0 Å². The monoisotopic (exact) mass is 686 g/mol.